The Morgan fingerprint density at radius 2 is 1.92 bits per heavy atom. The molecule has 0 unspecified atom stereocenters. The van der Waals surface area contributed by atoms with E-state index in [0.717, 1.165) is 17.1 Å². The quantitative estimate of drug-likeness (QED) is 0.683. The van der Waals surface area contributed by atoms with Gasteiger partial charge in [0.05, 0.1) is 0 Å². The lowest BCUT2D eigenvalue weighted by atomic mass is 10.2. The van der Waals surface area contributed by atoms with Crippen LogP contribution in [-0.2, 0) is 0 Å². The molecule has 1 aromatic rings. The van der Waals surface area contributed by atoms with Gasteiger partial charge in [-0.1, -0.05) is 0 Å². The Morgan fingerprint density at radius 3 is 2.42 bits per heavy atom. The number of hydrogen-bond donors (Lipinski definition) is 1. The van der Waals surface area contributed by atoms with E-state index in [4.69, 9.17) is 5.73 Å². The van der Waals surface area contributed by atoms with Crippen LogP contribution in [0.1, 0.15) is 35.8 Å². The number of nitrogens with two attached hydrogens (primary N) is 1. The van der Waals surface area contributed by atoms with Crippen molar-refractivity contribution in [1.29, 1.82) is 0 Å². The molecule has 1 heterocycles. The molecule has 2 rings (SSSR count). The number of anilines is 1. The van der Waals surface area contributed by atoms with Crippen LogP contribution in [0, 0.1) is 13.8 Å². The van der Waals surface area contributed by atoms with Crippen LogP contribution in [0.15, 0.2) is 0 Å². The highest BCUT2D eigenvalue weighted by molar-refractivity contribution is 5.41. The normalized spacial score (nSPS) is 16.5. The zero-order valence-electron chi connectivity index (χ0n) is 7.46. The zero-order valence-corrected chi connectivity index (χ0v) is 7.46. The average Bonchev–Trinajstić information content (AvgIpc) is 2.81. The number of hydrogen-bond acceptors (Lipinski definition) is 3. The molecule has 0 amide bonds. The Balaban J connectivity index is 2.45. The van der Waals surface area contributed by atoms with Crippen LogP contribution in [0.25, 0.3) is 0 Å². The van der Waals surface area contributed by atoms with Crippen LogP contribution >= 0.6 is 0 Å². The van der Waals surface area contributed by atoms with E-state index in [2.05, 4.69) is 9.97 Å². The van der Waals surface area contributed by atoms with Gasteiger partial charge in [-0.3, -0.25) is 0 Å². The van der Waals surface area contributed by atoms with Crippen molar-refractivity contribution in [2.45, 2.75) is 32.6 Å². The lowest BCUT2D eigenvalue weighted by molar-refractivity contribution is 0.900. The number of aromatic nitrogens is 2. The molecular formula is C9H13N3. The largest absolute Gasteiger partial charge is 0.383 e. The number of nitrogens with zero attached hydrogens (tertiary/aromatic N) is 2. The summed E-state index contributed by atoms with van der Waals surface area (Å²) >= 11 is 0. The standard InChI is InChI=1S/C9H13N3/c1-5-6(2)11-9(7-3-4-7)12-8(5)10/h7H,3-4H2,1-2H3,(H2,10,11,12). The van der Waals surface area contributed by atoms with Gasteiger partial charge in [-0.25, -0.2) is 9.97 Å². The first-order valence-electron chi connectivity index (χ1n) is 4.29. The molecule has 64 valence electrons. The summed E-state index contributed by atoms with van der Waals surface area (Å²) in [6.07, 6.45) is 2.45. The third-order valence-electron chi connectivity index (χ3n) is 2.39. The number of rotatable bonds is 1. The molecule has 1 fully saturated rings. The molecule has 12 heavy (non-hydrogen) atoms. The van der Waals surface area contributed by atoms with Crippen molar-refractivity contribution in [3.8, 4) is 0 Å². The Morgan fingerprint density at radius 1 is 1.25 bits per heavy atom. The van der Waals surface area contributed by atoms with E-state index in [-0.39, 0.29) is 0 Å². The van der Waals surface area contributed by atoms with Crippen molar-refractivity contribution in [3.05, 3.63) is 17.1 Å². The van der Waals surface area contributed by atoms with Gasteiger partial charge in [0, 0.05) is 17.2 Å². The summed E-state index contributed by atoms with van der Waals surface area (Å²) in [4.78, 5) is 8.67. The topological polar surface area (TPSA) is 51.8 Å². The Labute approximate surface area is 72.0 Å². The highest BCUT2D eigenvalue weighted by Crippen LogP contribution is 2.38. The van der Waals surface area contributed by atoms with E-state index in [1.165, 1.54) is 12.8 Å². The van der Waals surface area contributed by atoms with Gasteiger partial charge in [-0.15, -0.1) is 0 Å². The van der Waals surface area contributed by atoms with Gasteiger partial charge in [0.2, 0.25) is 0 Å². The fraction of sp³-hybridized carbons (Fsp3) is 0.556. The van der Waals surface area contributed by atoms with E-state index in [9.17, 15) is 0 Å². The molecule has 0 aliphatic heterocycles. The smallest absolute Gasteiger partial charge is 0.134 e. The van der Waals surface area contributed by atoms with Gasteiger partial charge < -0.3 is 5.73 Å². The maximum Gasteiger partial charge on any atom is 0.134 e. The molecular weight excluding hydrogens is 150 g/mol. The minimum atomic E-state index is 0.589. The summed E-state index contributed by atoms with van der Waals surface area (Å²) in [5.74, 6) is 2.17. The summed E-state index contributed by atoms with van der Waals surface area (Å²) in [6.45, 7) is 3.95. The number of nitrogen functional groups attached to an aromatic ring is 1. The minimum absolute atomic E-state index is 0.589. The average molecular weight is 163 g/mol. The molecule has 0 atom stereocenters. The third-order valence-corrected chi connectivity index (χ3v) is 2.39. The van der Waals surface area contributed by atoms with Crippen molar-refractivity contribution < 1.29 is 0 Å². The first kappa shape index (κ1) is 7.53. The van der Waals surface area contributed by atoms with Crippen molar-refractivity contribution in [1.82, 2.24) is 9.97 Å². The molecule has 0 aromatic carbocycles. The molecule has 1 aromatic heterocycles. The van der Waals surface area contributed by atoms with Crippen LogP contribution in [0.2, 0.25) is 0 Å². The van der Waals surface area contributed by atoms with Crippen molar-refractivity contribution >= 4 is 5.82 Å². The Kier molecular flexibility index (Phi) is 1.53. The second kappa shape index (κ2) is 2.44. The fourth-order valence-corrected chi connectivity index (χ4v) is 1.20. The highest BCUT2D eigenvalue weighted by atomic mass is 15.0. The Bertz CT molecular complexity index is 293. The predicted octanol–water partition coefficient (Wildman–Crippen LogP) is 1.55. The molecule has 0 spiro atoms. The van der Waals surface area contributed by atoms with Gasteiger partial charge in [0.1, 0.15) is 11.6 Å². The molecule has 0 radical (unpaired) electrons. The summed E-state index contributed by atoms with van der Waals surface area (Å²) in [5.41, 5.74) is 7.77. The molecule has 1 aliphatic carbocycles. The van der Waals surface area contributed by atoms with E-state index >= 15 is 0 Å². The maximum absolute atomic E-state index is 5.74. The molecule has 0 saturated heterocycles. The van der Waals surface area contributed by atoms with Gasteiger partial charge in [0.25, 0.3) is 0 Å². The third kappa shape index (κ3) is 1.15. The second-order valence-corrected chi connectivity index (χ2v) is 3.45. The zero-order chi connectivity index (χ0) is 8.72. The second-order valence-electron chi connectivity index (χ2n) is 3.45. The van der Waals surface area contributed by atoms with E-state index in [1.54, 1.807) is 0 Å². The first-order valence-corrected chi connectivity index (χ1v) is 4.29. The van der Waals surface area contributed by atoms with Crippen LogP contribution < -0.4 is 5.73 Å². The van der Waals surface area contributed by atoms with Gasteiger partial charge >= 0.3 is 0 Å². The van der Waals surface area contributed by atoms with E-state index in [0.29, 0.717) is 11.7 Å². The van der Waals surface area contributed by atoms with Crippen LogP contribution in [-0.4, -0.2) is 9.97 Å². The van der Waals surface area contributed by atoms with Crippen LogP contribution in [0.5, 0.6) is 0 Å². The summed E-state index contributed by atoms with van der Waals surface area (Å²) in [5, 5.41) is 0. The van der Waals surface area contributed by atoms with E-state index < -0.39 is 0 Å². The summed E-state index contributed by atoms with van der Waals surface area (Å²) in [7, 11) is 0. The first-order chi connectivity index (χ1) is 5.68. The van der Waals surface area contributed by atoms with Crippen molar-refractivity contribution in [2.24, 2.45) is 0 Å². The highest BCUT2D eigenvalue weighted by Gasteiger charge is 2.27. The lowest BCUT2D eigenvalue weighted by Crippen LogP contribution is -2.03. The Hall–Kier alpha value is -1.12. The van der Waals surface area contributed by atoms with Crippen molar-refractivity contribution in [2.75, 3.05) is 5.73 Å². The molecule has 3 heteroatoms. The molecule has 1 aliphatic rings. The summed E-state index contributed by atoms with van der Waals surface area (Å²) in [6, 6.07) is 0. The monoisotopic (exact) mass is 163 g/mol. The molecule has 0 bridgehead atoms. The lowest BCUT2D eigenvalue weighted by Gasteiger charge is -2.04. The van der Waals surface area contributed by atoms with Crippen LogP contribution in [0.3, 0.4) is 0 Å². The van der Waals surface area contributed by atoms with Gasteiger partial charge in [0.15, 0.2) is 0 Å². The predicted molar refractivity (Wildman–Crippen MR) is 47.9 cm³/mol. The SMILES string of the molecule is Cc1nc(C2CC2)nc(N)c1C. The van der Waals surface area contributed by atoms with Crippen molar-refractivity contribution in [3.63, 3.8) is 0 Å². The summed E-state index contributed by atoms with van der Waals surface area (Å²) < 4.78 is 0. The van der Waals surface area contributed by atoms with Crippen LogP contribution in [0.4, 0.5) is 5.82 Å². The molecule has 1 saturated carbocycles. The van der Waals surface area contributed by atoms with Gasteiger partial charge in [-0.2, -0.15) is 0 Å². The number of aryl methyl sites for hydroxylation is 1. The molecule has 2 N–H and O–H groups in total. The van der Waals surface area contributed by atoms with Gasteiger partial charge in [-0.05, 0) is 26.7 Å². The van der Waals surface area contributed by atoms with E-state index in [1.807, 2.05) is 13.8 Å². The minimum Gasteiger partial charge on any atom is -0.383 e. The molecule has 3 nitrogen and oxygen atoms in total. The fourth-order valence-electron chi connectivity index (χ4n) is 1.20. The maximum atomic E-state index is 5.74.